The summed E-state index contributed by atoms with van der Waals surface area (Å²) in [5.74, 6) is -0.357. The normalized spacial score (nSPS) is 23.8. The van der Waals surface area contributed by atoms with Crippen LogP contribution in [0, 0.1) is 31.6 Å². The molecule has 2 aliphatic rings. The van der Waals surface area contributed by atoms with Crippen LogP contribution in [0.15, 0.2) is 42.5 Å². The van der Waals surface area contributed by atoms with Crippen molar-refractivity contribution < 1.29 is 19.1 Å². The molecule has 1 heterocycles. The zero-order valence-electron chi connectivity index (χ0n) is 17.0. The molecular formula is C24H25NO4. The molecule has 0 radical (unpaired) electrons. The number of benzene rings is 2. The molecule has 29 heavy (non-hydrogen) atoms. The van der Waals surface area contributed by atoms with Crippen LogP contribution in [0.25, 0.3) is 0 Å². The van der Waals surface area contributed by atoms with Crippen LogP contribution in [0.3, 0.4) is 0 Å². The van der Waals surface area contributed by atoms with Gasteiger partial charge in [-0.2, -0.15) is 0 Å². The van der Waals surface area contributed by atoms with Gasteiger partial charge in [0.2, 0.25) is 11.8 Å². The summed E-state index contributed by atoms with van der Waals surface area (Å²) in [7, 11) is 0. The van der Waals surface area contributed by atoms with E-state index in [9.17, 15) is 14.4 Å². The van der Waals surface area contributed by atoms with Gasteiger partial charge in [0.1, 0.15) is 5.75 Å². The highest BCUT2D eigenvalue weighted by Crippen LogP contribution is 2.42. The van der Waals surface area contributed by atoms with Crippen molar-refractivity contribution in [1.29, 1.82) is 0 Å². The van der Waals surface area contributed by atoms with E-state index in [1.807, 2.05) is 26.0 Å². The topological polar surface area (TPSA) is 63.7 Å². The molecule has 0 N–H and O–H groups in total. The summed E-state index contributed by atoms with van der Waals surface area (Å²) in [4.78, 5) is 39.7. The first kappa shape index (κ1) is 19.4. The molecule has 2 aromatic rings. The van der Waals surface area contributed by atoms with Crippen molar-refractivity contribution in [3.8, 4) is 5.75 Å². The van der Waals surface area contributed by atoms with Crippen molar-refractivity contribution in [3.63, 3.8) is 0 Å². The largest absolute Gasteiger partial charge is 0.423 e. The molecule has 0 unspecified atom stereocenters. The number of hydrogen-bond donors (Lipinski definition) is 0. The SMILES string of the molecule is Cc1ccc(OC(=O)c2cccc(N3C(=O)[C@H]4CC[C@@H](C)C[C@H]4C3=O)c2)cc1C. The number of carbonyl (C=O) groups is 3. The maximum Gasteiger partial charge on any atom is 0.343 e. The quantitative estimate of drug-likeness (QED) is 0.441. The first-order valence-corrected chi connectivity index (χ1v) is 10.1. The number of fused-ring (bicyclic) bond motifs is 1. The molecule has 3 atom stereocenters. The number of ether oxygens (including phenoxy) is 1. The van der Waals surface area contributed by atoms with Crippen molar-refractivity contribution >= 4 is 23.5 Å². The van der Waals surface area contributed by atoms with Gasteiger partial charge in [0.15, 0.2) is 0 Å². The van der Waals surface area contributed by atoms with Gasteiger partial charge in [-0.05, 0) is 80.5 Å². The van der Waals surface area contributed by atoms with Crippen LogP contribution in [-0.2, 0) is 9.59 Å². The average molecular weight is 391 g/mol. The third-order valence-corrected chi connectivity index (χ3v) is 6.22. The summed E-state index contributed by atoms with van der Waals surface area (Å²) in [6.07, 6.45) is 2.47. The van der Waals surface area contributed by atoms with Gasteiger partial charge >= 0.3 is 5.97 Å². The molecule has 1 aliphatic heterocycles. The van der Waals surface area contributed by atoms with Gasteiger partial charge < -0.3 is 4.74 Å². The van der Waals surface area contributed by atoms with Crippen LogP contribution in [-0.4, -0.2) is 17.8 Å². The fourth-order valence-corrected chi connectivity index (χ4v) is 4.36. The smallest absolute Gasteiger partial charge is 0.343 e. The predicted octanol–water partition coefficient (Wildman–Crippen LogP) is 4.45. The lowest BCUT2D eigenvalue weighted by Gasteiger charge is -2.25. The Morgan fingerprint density at radius 1 is 0.966 bits per heavy atom. The standard InChI is InChI=1S/C24H25NO4/c1-14-7-10-20-21(11-14)23(27)25(22(20)26)18-6-4-5-17(13-18)24(28)29-19-9-8-15(2)16(3)12-19/h4-6,8-9,12-14,20-21H,7,10-11H2,1-3H3/t14-,20+,21-/m1/s1. The van der Waals surface area contributed by atoms with Gasteiger partial charge in [0, 0.05) is 0 Å². The fourth-order valence-electron chi connectivity index (χ4n) is 4.36. The van der Waals surface area contributed by atoms with Crippen molar-refractivity contribution in [2.45, 2.75) is 40.0 Å². The molecule has 5 heteroatoms. The number of imide groups is 1. The summed E-state index contributed by atoms with van der Waals surface area (Å²) in [5.41, 5.74) is 2.91. The van der Waals surface area contributed by atoms with E-state index in [1.165, 1.54) is 4.90 Å². The molecule has 1 saturated carbocycles. The number of aryl methyl sites for hydroxylation is 2. The second-order valence-electron chi connectivity index (χ2n) is 8.33. The molecule has 2 fully saturated rings. The number of anilines is 1. The van der Waals surface area contributed by atoms with Crippen LogP contribution in [0.2, 0.25) is 0 Å². The Kier molecular flexibility index (Phi) is 4.99. The number of hydrogen-bond acceptors (Lipinski definition) is 4. The minimum absolute atomic E-state index is 0.147. The van der Waals surface area contributed by atoms with Gasteiger partial charge in [-0.25, -0.2) is 4.79 Å². The summed E-state index contributed by atoms with van der Waals surface area (Å²) in [6.45, 7) is 6.07. The van der Waals surface area contributed by atoms with Gasteiger partial charge in [-0.15, -0.1) is 0 Å². The molecular weight excluding hydrogens is 366 g/mol. The number of esters is 1. The fraction of sp³-hybridized carbons (Fsp3) is 0.375. The number of carbonyl (C=O) groups excluding carboxylic acids is 3. The van der Waals surface area contributed by atoms with E-state index < -0.39 is 5.97 Å². The minimum Gasteiger partial charge on any atom is -0.423 e. The van der Waals surface area contributed by atoms with Crippen molar-refractivity contribution in [3.05, 3.63) is 59.2 Å². The Morgan fingerprint density at radius 3 is 2.48 bits per heavy atom. The van der Waals surface area contributed by atoms with E-state index in [0.29, 0.717) is 22.9 Å². The first-order chi connectivity index (χ1) is 13.8. The monoisotopic (exact) mass is 391 g/mol. The second-order valence-corrected chi connectivity index (χ2v) is 8.33. The molecule has 2 amide bonds. The Bertz CT molecular complexity index is 996. The lowest BCUT2D eigenvalue weighted by Crippen LogP contribution is -2.31. The highest BCUT2D eigenvalue weighted by Gasteiger charge is 2.50. The number of nitrogens with zero attached hydrogens (tertiary/aromatic N) is 1. The van der Waals surface area contributed by atoms with Crippen LogP contribution in [0.4, 0.5) is 5.69 Å². The highest BCUT2D eigenvalue weighted by molar-refractivity contribution is 6.22. The van der Waals surface area contributed by atoms with Gasteiger partial charge in [0.05, 0.1) is 23.1 Å². The van der Waals surface area contributed by atoms with Crippen LogP contribution in [0.1, 0.15) is 47.7 Å². The Balaban J connectivity index is 1.57. The Morgan fingerprint density at radius 2 is 1.72 bits per heavy atom. The summed E-state index contributed by atoms with van der Waals surface area (Å²) >= 11 is 0. The molecule has 4 rings (SSSR count). The second kappa shape index (κ2) is 7.47. The zero-order chi connectivity index (χ0) is 20.7. The van der Waals surface area contributed by atoms with Gasteiger partial charge in [-0.3, -0.25) is 14.5 Å². The molecule has 0 bridgehead atoms. The van der Waals surface area contributed by atoms with E-state index >= 15 is 0 Å². The number of rotatable bonds is 3. The van der Waals surface area contributed by atoms with Crippen LogP contribution in [0.5, 0.6) is 5.75 Å². The van der Waals surface area contributed by atoms with Crippen molar-refractivity contribution in [2.75, 3.05) is 4.90 Å². The Labute approximate surface area is 170 Å². The molecule has 0 aromatic heterocycles. The molecule has 0 spiro atoms. The first-order valence-electron chi connectivity index (χ1n) is 10.1. The maximum atomic E-state index is 12.9. The van der Waals surface area contributed by atoms with Crippen molar-refractivity contribution in [2.24, 2.45) is 17.8 Å². The lowest BCUT2D eigenvalue weighted by atomic mass is 9.76. The van der Waals surface area contributed by atoms with Crippen molar-refractivity contribution in [1.82, 2.24) is 0 Å². The predicted molar refractivity (Wildman–Crippen MR) is 110 cm³/mol. The third kappa shape index (κ3) is 3.57. The van der Waals surface area contributed by atoms with Crippen LogP contribution >= 0.6 is 0 Å². The van der Waals surface area contributed by atoms with E-state index in [-0.39, 0.29) is 23.7 Å². The maximum absolute atomic E-state index is 12.9. The Hall–Kier alpha value is -2.95. The van der Waals surface area contributed by atoms with Gasteiger partial charge in [0.25, 0.3) is 0 Å². The van der Waals surface area contributed by atoms with Gasteiger partial charge in [-0.1, -0.05) is 19.1 Å². The molecule has 2 aromatic carbocycles. The number of amides is 2. The van der Waals surface area contributed by atoms with Crippen LogP contribution < -0.4 is 9.64 Å². The zero-order valence-corrected chi connectivity index (χ0v) is 17.0. The highest BCUT2D eigenvalue weighted by atomic mass is 16.5. The molecule has 1 saturated heterocycles. The average Bonchev–Trinajstić information content (AvgIpc) is 2.94. The minimum atomic E-state index is -0.514. The summed E-state index contributed by atoms with van der Waals surface area (Å²) in [6, 6.07) is 12.0. The third-order valence-electron chi connectivity index (χ3n) is 6.22. The lowest BCUT2D eigenvalue weighted by molar-refractivity contribution is -0.122. The summed E-state index contributed by atoms with van der Waals surface area (Å²) in [5, 5.41) is 0. The van der Waals surface area contributed by atoms with E-state index in [1.54, 1.807) is 30.3 Å². The van der Waals surface area contributed by atoms with E-state index in [0.717, 1.165) is 30.4 Å². The molecule has 1 aliphatic carbocycles. The van der Waals surface area contributed by atoms with E-state index in [4.69, 9.17) is 4.74 Å². The summed E-state index contributed by atoms with van der Waals surface area (Å²) < 4.78 is 5.49. The molecule has 150 valence electrons. The molecule has 5 nitrogen and oxygen atoms in total. The van der Waals surface area contributed by atoms with E-state index in [2.05, 4.69) is 6.92 Å².